The predicted molar refractivity (Wildman–Crippen MR) is 99.7 cm³/mol. The number of benzene rings is 2. The molecule has 3 rings (SSSR count). The van der Waals surface area contributed by atoms with Crippen molar-refractivity contribution in [1.82, 2.24) is 0 Å². The van der Waals surface area contributed by atoms with Gasteiger partial charge in [0.15, 0.2) is 11.6 Å². The van der Waals surface area contributed by atoms with Gasteiger partial charge in [0.05, 0.1) is 11.1 Å². The SMILES string of the molecule is CC(=O)Oc1c(C)c(CBr)c(OC(C)=O)c2c1C(=O)c1ccccc1C2=O. The molecule has 0 aromatic heterocycles. The standard InChI is InChI=1S/C20H15BrO6/c1-9-14(8-21)20(27-11(3)23)16-15(19(9)26-10(2)22)17(24)12-6-4-5-7-13(12)18(16)25/h4-7H,8H2,1-3H3. The van der Waals surface area contributed by atoms with Crippen LogP contribution in [0.2, 0.25) is 0 Å². The molecule has 0 aliphatic heterocycles. The second-order valence-electron chi connectivity index (χ2n) is 6.04. The van der Waals surface area contributed by atoms with E-state index in [0.29, 0.717) is 11.1 Å². The highest BCUT2D eigenvalue weighted by molar-refractivity contribution is 9.08. The molecule has 27 heavy (non-hydrogen) atoms. The molecule has 0 heterocycles. The van der Waals surface area contributed by atoms with E-state index in [1.54, 1.807) is 19.1 Å². The van der Waals surface area contributed by atoms with Gasteiger partial charge in [0.25, 0.3) is 0 Å². The van der Waals surface area contributed by atoms with Gasteiger partial charge in [-0.2, -0.15) is 0 Å². The number of fused-ring (bicyclic) bond motifs is 2. The Bertz CT molecular complexity index is 1020. The number of alkyl halides is 1. The quantitative estimate of drug-likeness (QED) is 0.358. The van der Waals surface area contributed by atoms with Gasteiger partial charge in [-0.25, -0.2) is 0 Å². The number of carbonyl (C=O) groups excluding carboxylic acids is 4. The van der Waals surface area contributed by atoms with Crippen molar-refractivity contribution in [2.24, 2.45) is 0 Å². The molecule has 0 saturated carbocycles. The summed E-state index contributed by atoms with van der Waals surface area (Å²) in [6.07, 6.45) is 0. The molecule has 0 unspecified atom stereocenters. The Kier molecular flexibility index (Phi) is 4.97. The summed E-state index contributed by atoms with van der Waals surface area (Å²) >= 11 is 3.32. The summed E-state index contributed by atoms with van der Waals surface area (Å²) in [7, 11) is 0. The van der Waals surface area contributed by atoms with E-state index in [2.05, 4.69) is 15.9 Å². The lowest BCUT2D eigenvalue weighted by Gasteiger charge is -2.25. The molecule has 2 aromatic rings. The first-order valence-corrected chi connectivity index (χ1v) is 9.20. The van der Waals surface area contributed by atoms with Crippen molar-refractivity contribution in [3.63, 3.8) is 0 Å². The van der Waals surface area contributed by atoms with Crippen molar-refractivity contribution < 1.29 is 28.7 Å². The second kappa shape index (κ2) is 7.08. The molecule has 0 fully saturated rings. The van der Waals surface area contributed by atoms with E-state index in [1.807, 2.05) is 0 Å². The minimum absolute atomic E-state index is 0.00984. The van der Waals surface area contributed by atoms with Gasteiger partial charge in [0.2, 0.25) is 0 Å². The lowest BCUT2D eigenvalue weighted by molar-refractivity contribution is -0.133. The van der Waals surface area contributed by atoms with Crippen molar-refractivity contribution in [1.29, 1.82) is 0 Å². The third-order valence-electron chi connectivity index (χ3n) is 4.27. The summed E-state index contributed by atoms with van der Waals surface area (Å²) in [6, 6.07) is 6.37. The van der Waals surface area contributed by atoms with Crippen LogP contribution < -0.4 is 9.47 Å². The number of esters is 2. The molecule has 0 atom stereocenters. The number of ether oxygens (including phenoxy) is 2. The van der Waals surface area contributed by atoms with Gasteiger partial charge < -0.3 is 9.47 Å². The summed E-state index contributed by atoms with van der Waals surface area (Å²) in [5, 5.41) is 0.228. The fourth-order valence-electron chi connectivity index (χ4n) is 3.14. The molecular formula is C20H15BrO6. The summed E-state index contributed by atoms with van der Waals surface area (Å²) in [4.78, 5) is 49.6. The van der Waals surface area contributed by atoms with Crippen LogP contribution >= 0.6 is 15.9 Å². The van der Waals surface area contributed by atoms with Crippen LogP contribution in [0.5, 0.6) is 11.5 Å². The Balaban J connectivity index is 2.46. The van der Waals surface area contributed by atoms with E-state index >= 15 is 0 Å². The third-order valence-corrected chi connectivity index (χ3v) is 4.83. The van der Waals surface area contributed by atoms with Crippen molar-refractivity contribution in [2.45, 2.75) is 26.1 Å². The summed E-state index contributed by atoms with van der Waals surface area (Å²) in [5.41, 5.74) is 1.20. The van der Waals surface area contributed by atoms with Crippen molar-refractivity contribution in [3.8, 4) is 11.5 Å². The molecule has 7 heteroatoms. The van der Waals surface area contributed by atoms with Crippen LogP contribution in [0.3, 0.4) is 0 Å². The Labute approximate surface area is 163 Å². The van der Waals surface area contributed by atoms with Crippen molar-refractivity contribution in [2.75, 3.05) is 0 Å². The maximum atomic E-state index is 13.2. The molecule has 0 N–H and O–H groups in total. The smallest absolute Gasteiger partial charge is 0.308 e. The van der Waals surface area contributed by atoms with E-state index in [4.69, 9.17) is 9.47 Å². The van der Waals surface area contributed by atoms with Gasteiger partial charge in [-0.15, -0.1) is 0 Å². The summed E-state index contributed by atoms with van der Waals surface area (Å²) < 4.78 is 10.6. The lowest BCUT2D eigenvalue weighted by atomic mass is 9.81. The number of rotatable bonds is 3. The molecule has 0 bridgehead atoms. The average Bonchev–Trinajstić information content (AvgIpc) is 2.61. The van der Waals surface area contributed by atoms with E-state index < -0.39 is 23.5 Å². The topological polar surface area (TPSA) is 86.7 Å². The Morgan fingerprint density at radius 2 is 1.33 bits per heavy atom. The molecular weight excluding hydrogens is 416 g/mol. The molecule has 0 amide bonds. The number of halogens is 1. The summed E-state index contributed by atoms with van der Waals surface area (Å²) in [6.45, 7) is 4.06. The molecule has 0 saturated heterocycles. The monoisotopic (exact) mass is 430 g/mol. The zero-order chi connectivity index (χ0) is 19.9. The number of carbonyl (C=O) groups is 4. The molecule has 0 spiro atoms. The fourth-order valence-corrected chi connectivity index (χ4v) is 3.82. The maximum Gasteiger partial charge on any atom is 0.308 e. The van der Waals surface area contributed by atoms with Gasteiger partial charge in [-0.1, -0.05) is 40.2 Å². The van der Waals surface area contributed by atoms with E-state index in [9.17, 15) is 19.2 Å². The lowest BCUT2D eigenvalue weighted by Crippen LogP contribution is -2.25. The van der Waals surface area contributed by atoms with Gasteiger partial charge in [0, 0.05) is 41.4 Å². The highest BCUT2D eigenvalue weighted by atomic mass is 79.9. The zero-order valence-electron chi connectivity index (χ0n) is 14.8. The largest absolute Gasteiger partial charge is 0.426 e. The van der Waals surface area contributed by atoms with E-state index in [0.717, 1.165) is 0 Å². The second-order valence-corrected chi connectivity index (χ2v) is 6.60. The van der Waals surface area contributed by atoms with Gasteiger partial charge in [-0.3, -0.25) is 19.2 Å². The van der Waals surface area contributed by atoms with Crippen LogP contribution in [0.15, 0.2) is 24.3 Å². The molecule has 2 aromatic carbocycles. The zero-order valence-corrected chi connectivity index (χ0v) is 16.4. The minimum Gasteiger partial charge on any atom is -0.426 e. The van der Waals surface area contributed by atoms with Crippen LogP contribution in [0.1, 0.15) is 56.8 Å². The van der Waals surface area contributed by atoms with Crippen molar-refractivity contribution >= 4 is 39.4 Å². The first kappa shape index (κ1) is 19.0. The highest BCUT2D eigenvalue weighted by Gasteiger charge is 2.38. The number of hydrogen-bond acceptors (Lipinski definition) is 6. The van der Waals surface area contributed by atoms with Gasteiger partial charge in [0.1, 0.15) is 11.5 Å². The van der Waals surface area contributed by atoms with Crippen LogP contribution in [-0.4, -0.2) is 23.5 Å². The number of ketones is 2. The molecule has 138 valence electrons. The van der Waals surface area contributed by atoms with Gasteiger partial charge >= 0.3 is 11.9 Å². The maximum absolute atomic E-state index is 13.2. The molecule has 0 radical (unpaired) electrons. The first-order valence-electron chi connectivity index (χ1n) is 8.08. The molecule has 1 aliphatic carbocycles. The van der Waals surface area contributed by atoms with Gasteiger partial charge in [-0.05, 0) is 6.92 Å². The average molecular weight is 431 g/mol. The van der Waals surface area contributed by atoms with E-state index in [-0.39, 0.29) is 39.1 Å². The third kappa shape index (κ3) is 3.08. The van der Waals surface area contributed by atoms with Crippen LogP contribution in [0.4, 0.5) is 0 Å². The summed E-state index contributed by atoms with van der Waals surface area (Å²) in [5.74, 6) is -2.16. The predicted octanol–water partition coefficient (Wildman–Crippen LogP) is 3.52. The fraction of sp³-hybridized carbons (Fsp3) is 0.200. The van der Waals surface area contributed by atoms with Crippen LogP contribution in [-0.2, 0) is 14.9 Å². The van der Waals surface area contributed by atoms with E-state index in [1.165, 1.54) is 26.0 Å². The Morgan fingerprint density at radius 1 is 0.889 bits per heavy atom. The van der Waals surface area contributed by atoms with Crippen LogP contribution in [0.25, 0.3) is 0 Å². The Morgan fingerprint density at radius 3 is 1.78 bits per heavy atom. The molecule has 1 aliphatic rings. The molecule has 6 nitrogen and oxygen atoms in total. The number of hydrogen-bond donors (Lipinski definition) is 0. The normalized spacial score (nSPS) is 12.3. The van der Waals surface area contributed by atoms with Crippen LogP contribution in [0, 0.1) is 6.92 Å². The minimum atomic E-state index is -0.627. The first-order chi connectivity index (χ1) is 12.8. The Hall–Kier alpha value is -2.80. The highest BCUT2D eigenvalue weighted by Crippen LogP contribution is 2.44. The van der Waals surface area contributed by atoms with Crippen molar-refractivity contribution in [3.05, 3.63) is 57.6 Å².